The van der Waals surface area contributed by atoms with Gasteiger partial charge in [0.25, 0.3) is 5.69 Å². The quantitative estimate of drug-likeness (QED) is 0.402. The molecule has 1 heterocycles. The maximum Gasteiger partial charge on any atom is 0.295 e. The van der Waals surface area contributed by atoms with E-state index < -0.39 is 33.0 Å². The lowest BCUT2D eigenvalue weighted by atomic mass is 10.2. The van der Waals surface area contributed by atoms with Crippen LogP contribution in [0.1, 0.15) is 0 Å². The molecule has 0 bridgehead atoms. The number of rotatable bonds is 5. The highest BCUT2D eigenvalue weighted by Crippen LogP contribution is 2.37. The van der Waals surface area contributed by atoms with Crippen molar-refractivity contribution in [3.63, 3.8) is 0 Å². The molecule has 7 nitrogen and oxygen atoms in total. The molecule has 3 aromatic rings. The molecule has 0 saturated carbocycles. The second-order valence-corrected chi connectivity index (χ2v) is 6.69. The molecule has 0 saturated heterocycles. The van der Waals surface area contributed by atoms with Crippen molar-refractivity contribution in [3.8, 4) is 11.5 Å². The lowest BCUT2D eigenvalue weighted by molar-refractivity contribution is -0.384. The highest BCUT2D eigenvalue weighted by Gasteiger charge is 2.23. The van der Waals surface area contributed by atoms with Gasteiger partial charge >= 0.3 is 0 Å². The first-order chi connectivity index (χ1) is 12.9. The molecule has 0 aliphatic heterocycles. The first-order valence-electron chi connectivity index (χ1n) is 7.39. The molecule has 10 heteroatoms. The Bertz CT molecular complexity index is 1050. The Morgan fingerprint density at radius 3 is 2.41 bits per heavy atom. The third-order valence-electron chi connectivity index (χ3n) is 3.47. The van der Waals surface area contributed by atoms with Crippen LogP contribution in [-0.4, -0.2) is 14.1 Å². The average Bonchev–Trinajstić information content (AvgIpc) is 2.64. The Hall–Kier alpha value is -3.40. The molecule has 1 unspecified atom stereocenters. The summed E-state index contributed by atoms with van der Waals surface area (Å²) >= 11 is 0. The molecule has 1 atom stereocenters. The van der Waals surface area contributed by atoms with Gasteiger partial charge in [-0.1, -0.05) is 0 Å². The number of anilines is 1. The molecular formula is C17H11F2N3O4S. The lowest BCUT2D eigenvalue weighted by Crippen LogP contribution is -2.03. The predicted molar refractivity (Wildman–Crippen MR) is 92.9 cm³/mol. The number of benzene rings is 2. The van der Waals surface area contributed by atoms with Crippen molar-refractivity contribution in [1.82, 2.24) is 4.98 Å². The van der Waals surface area contributed by atoms with Gasteiger partial charge in [0.1, 0.15) is 11.5 Å². The molecule has 0 radical (unpaired) electrons. The number of aromatic nitrogens is 1. The van der Waals surface area contributed by atoms with Crippen molar-refractivity contribution in [1.29, 1.82) is 0 Å². The number of halogens is 2. The van der Waals surface area contributed by atoms with Gasteiger partial charge in [0.2, 0.25) is 0 Å². The van der Waals surface area contributed by atoms with Crippen molar-refractivity contribution < 1.29 is 22.6 Å². The summed E-state index contributed by atoms with van der Waals surface area (Å²) < 4.78 is 45.2. The molecule has 2 aromatic carbocycles. The molecule has 3 rings (SSSR count). The number of nitrogen functional groups attached to an aromatic ring is 1. The summed E-state index contributed by atoms with van der Waals surface area (Å²) in [6.45, 7) is 0. The van der Waals surface area contributed by atoms with Gasteiger partial charge in [-0.25, -0.2) is 13.0 Å². The fourth-order valence-electron chi connectivity index (χ4n) is 2.21. The van der Waals surface area contributed by atoms with Crippen LogP contribution < -0.4 is 10.5 Å². The zero-order valence-electron chi connectivity index (χ0n) is 13.5. The summed E-state index contributed by atoms with van der Waals surface area (Å²) in [5, 5.41) is 11.2. The minimum atomic E-state index is -1.84. The van der Waals surface area contributed by atoms with Crippen LogP contribution in [0.2, 0.25) is 0 Å². The van der Waals surface area contributed by atoms with E-state index in [4.69, 9.17) is 10.5 Å². The van der Waals surface area contributed by atoms with E-state index in [1.54, 1.807) is 0 Å². The van der Waals surface area contributed by atoms with Crippen LogP contribution in [0.5, 0.6) is 11.5 Å². The molecule has 0 aliphatic carbocycles. The molecule has 1 aromatic heterocycles. The molecule has 27 heavy (non-hydrogen) atoms. The van der Waals surface area contributed by atoms with E-state index in [-0.39, 0.29) is 22.1 Å². The van der Waals surface area contributed by atoms with Gasteiger partial charge in [-0.3, -0.25) is 15.1 Å². The summed E-state index contributed by atoms with van der Waals surface area (Å²) in [5.74, 6) is -2.46. The summed E-state index contributed by atoms with van der Waals surface area (Å²) in [7, 11) is -1.84. The van der Waals surface area contributed by atoms with E-state index in [1.165, 1.54) is 24.5 Å². The first-order valence-corrected chi connectivity index (χ1v) is 8.54. The van der Waals surface area contributed by atoms with Crippen molar-refractivity contribution in [2.75, 3.05) is 5.73 Å². The number of hydrogen-bond donors (Lipinski definition) is 1. The number of pyridine rings is 1. The summed E-state index contributed by atoms with van der Waals surface area (Å²) in [6, 6.07) is 7.63. The Morgan fingerprint density at radius 1 is 1.07 bits per heavy atom. The van der Waals surface area contributed by atoms with E-state index in [0.717, 1.165) is 24.3 Å². The van der Waals surface area contributed by atoms with E-state index in [2.05, 4.69) is 4.98 Å². The maximum atomic E-state index is 13.9. The van der Waals surface area contributed by atoms with Crippen molar-refractivity contribution >= 4 is 22.2 Å². The molecule has 0 fully saturated rings. The topological polar surface area (TPSA) is 108 Å². The third kappa shape index (κ3) is 3.90. The van der Waals surface area contributed by atoms with E-state index in [1.807, 2.05) is 0 Å². The Morgan fingerprint density at radius 2 is 1.78 bits per heavy atom. The number of nitrogens with zero attached hydrogens (tertiary/aromatic N) is 2. The van der Waals surface area contributed by atoms with Crippen molar-refractivity contribution in [2.24, 2.45) is 0 Å². The summed E-state index contributed by atoms with van der Waals surface area (Å²) in [4.78, 5) is 14.6. The summed E-state index contributed by atoms with van der Waals surface area (Å²) in [6.07, 6.45) is 2.84. The minimum Gasteiger partial charge on any atom is -0.453 e. The SMILES string of the molecule is Nc1cc(S(=O)c2ccncc2)c(Oc2ccc(F)cc2F)cc1[N+](=O)[O-]. The zero-order chi connectivity index (χ0) is 19.6. The van der Waals surface area contributed by atoms with Crippen molar-refractivity contribution in [2.45, 2.75) is 9.79 Å². The van der Waals surface area contributed by atoms with Crippen molar-refractivity contribution in [3.05, 3.63) is 76.6 Å². The van der Waals surface area contributed by atoms with Gasteiger partial charge in [-0.2, -0.15) is 0 Å². The molecule has 0 aliphatic rings. The third-order valence-corrected chi connectivity index (χ3v) is 4.89. The Balaban J connectivity index is 2.13. The number of nitro groups is 1. The van der Waals surface area contributed by atoms with E-state index in [9.17, 15) is 23.1 Å². The molecule has 0 spiro atoms. The predicted octanol–water partition coefficient (Wildman–Crippen LogP) is 3.81. The van der Waals surface area contributed by atoms with Gasteiger partial charge in [0.15, 0.2) is 17.3 Å². The van der Waals surface area contributed by atoms with Crippen LogP contribution >= 0.6 is 0 Å². The zero-order valence-corrected chi connectivity index (χ0v) is 14.3. The highest BCUT2D eigenvalue weighted by molar-refractivity contribution is 7.85. The number of nitrogens with two attached hydrogens (primary N) is 1. The molecule has 0 amide bonds. The fraction of sp³-hybridized carbons (Fsp3) is 0. The minimum absolute atomic E-state index is 0.00646. The average molecular weight is 391 g/mol. The van der Waals surface area contributed by atoms with Gasteiger partial charge in [0.05, 0.1) is 26.7 Å². The number of nitro benzene ring substituents is 1. The smallest absolute Gasteiger partial charge is 0.295 e. The molecule has 2 N–H and O–H groups in total. The second kappa shape index (κ2) is 7.46. The summed E-state index contributed by atoms with van der Waals surface area (Å²) in [5.41, 5.74) is 4.95. The molecular weight excluding hydrogens is 380 g/mol. The van der Waals surface area contributed by atoms with Gasteiger partial charge in [-0.05, 0) is 30.3 Å². The lowest BCUT2D eigenvalue weighted by Gasteiger charge is -2.13. The highest BCUT2D eigenvalue weighted by atomic mass is 32.2. The van der Waals surface area contributed by atoms with Crippen LogP contribution in [0.3, 0.4) is 0 Å². The molecule has 138 valence electrons. The standard InChI is InChI=1S/C17H11F2N3O4S/c18-10-1-2-15(12(19)7-10)26-16-9-14(22(23)24)13(20)8-17(16)27(25)11-3-5-21-6-4-11/h1-9H,20H2. The number of hydrogen-bond acceptors (Lipinski definition) is 6. The van der Waals surface area contributed by atoms with Gasteiger partial charge in [-0.15, -0.1) is 0 Å². The fourth-order valence-corrected chi connectivity index (χ4v) is 3.35. The number of ether oxygens (including phenoxy) is 1. The van der Waals surface area contributed by atoms with Crippen LogP contribution in [0.25, 0.3) is 0 Å². The second-order valence-electron chi connectivity index (χ2n) is 5.24. The van der Waals surface area contributed by atoms with Gasteiger partial charge in [0, 0.05) is 23.4 Å². The van der Waals surface area contributed by atoms with Crippen LogP contribution in [0.4, 0.5) is 20.2 Å². The maximum absolute atomic E-state index is 13.9. The van der Waals surface area contributed by atoms with Crippen LogP contribution in [-0.2, 0) is 10.8 Å². The Labute approximate surface area is 154 Å². The largest absolute Gasteiger partial charge is 0.453 e. The van der Waals surface area contributed by atoms with E-state index >= 15 is 0 Å². The monoisotopic (exact) mass is 391 g/mol. The van der Waals surface area contributed by atoms with Crippen LogP contribution in [0, 0.1) is 21.7 Å². The first kappa shape index (κ1) is 18.4. The van der Waals surface area contributed by atoms with Gasteiger partial charge < -0.3 is 10.5 Å². The van der Waals surface area contributed by atoms with Crippen LogP contribution in [0.15, 0.2) is 64.6 Å². The normalized spacial score (nSPS) is 11.8. The van der Waals surface area contributed by atoms with E-state index in [0.29, 0.717) is 11.0 Å². The Kier molecular flexibility index (Phi) is 5.08.